The van der Waals surface area contributed by atoms with Crippen LogP contribution in [0.4, 0.5) is 5.69 Å². The number of hydrogen-bond donors (Lipinski definition) is 2. The van der Waals surface area contributed by atoms with Crippen LogP contribution < -0.4 is 15.5 Å². The molecule has 1 saturated heterocycles. The van der Waals surface area contributed by atoms with Gasteiger partial charge in [0.2, 0.25) is 0 Å². The van der Waals surface area contributed by atoms with Gasteiger partial charge < -0.3 is 20.1 Å². The summed E-state index contributed by atoms with van der Waals surface area (Å²) in [4.78, 5) is 11.6. The van der Waals surface area contributed by atoms with Crippen LogP contribution in [0.25, 0.3) is 11.0 Å². The predicted octanol–water partition coefficient (Wildman–Crippen LogP) is 3.60. The van der Waals surface area contributed by atoms with Gasteiger partial charge in [-0.15, -0.1) is 0 Å². The van der Waals surface area contributed by atoms with Crippen LogP contribution in [0.2, 0.25) is 0 Å². The van der Waals surface area contributed by atoms with Gasteiger partial charge >= 0.3 is 0 Å². The highest BCUT2D eigenvalue weighted by atomic mass is 15.2. The lowest BCUT2D eigenvalue weighted by molar-refractivity contribution is 0.672. The summed E-state index contributed by atoms with van der Waals surface area (Å²) in [6.45, 7) is 5.11. The summed E-state index contributed by atoms with van der Waals surface area (Å²) < 4.78 is 2.12. The second kappa shape index (κ2) is 8.55. The Morgan fingerprint density at radius 1 is 1.14 bits per heavy atom. The molecule has 29 heavy (non-hydrogen) atoms. The van der Waals surface area contributed by atoms with Gasteiger partial charge in [0.05, 0.1) is 23.6 Å². The maximum absolute atomic E-state index is 4.72. The van der Waals surface area contributed by atoms with Gasteiger partial charge in [-0.1, -0.05) is 24.3 Å². The first-order chi connectivity index (χ1) is 14.2. The van der Waals surface area contributed by atoms with Crippen LogP contribution in [0.3, 0.4) is 0 Å². The summed E-state index contributed by atoms with van der Waals surface area (Å²) in [5, 5.41) is 6.91. The molecule has 0 radical (unpaired) electrons. The molecule has 2 N–H and O–H groups in total. The summed E-state index contributed by atoms with van der Waals surface area (Å²) in [5.41, 5.74) is 4.73. The quantitative estimate of drug-likeness (QED) is 0.516. The summed E-state index contributed by atoms with van der Waals surface area (Å²) >= 11 is 0. The van der Waals surface area contributed by atoms with E-state index in [4.69, 9.17) is 4.98 Å². The molecule has 1 aromatic heterocycles. The fourth-order valence-electron chi connectivity index (χ4n) is 3.97. The Morgan fingerprint density at radius 2 is 1.93 bits per heavy atom. The van der Waals surface area contributed by atoms with E-state index in [2.05, 4.69) is 69.4 Å². The van der Waals surface area contributed by atoms with E-state index in [1.54, 1.807) is 7.05 Å². The van der Waals surface area contributed by atoms with Crippen LogP contribution in [-0.2, 0) is 13.6 Å². The highest BCUT2D eigenvalue weighted by Gasteiger charge is 2.15. The lowest BCUT2D eigenvalue weighted by atomic mass is 10.1. The number of para-hydroxylation sites is 2. The molecule has 0 bridgehead atoms. The van der Waals surface area contributed by atoms with Crippen LogP contribution >= 0.6 is 0 Å². The number of anilines is 1. The summed E-state index contributed by atoms with van der Waals surface area (Å²) in [6.07, 6.45) is 2.58. The molecule has 1 fully saturated rings. The number of guanidine groups is 1. The van der Waals surface area contributed by atoms with Gasteiger partial charge in [0.25, 0.3) is 0 Å². The number of imidazole rings is 1. The Balaban J connectivity index is 1.41. The van der Waals surface area contributed by atoms with E-state index in [1.165, 1.54) is 24.1 Å². The highest BCUT2D eigenvalue weighted by molar-refractivity contribution is 5.80. The van der Waals surface area contributed by atoms with Crippen LogP contribution in [0.1, 0.15) is 37.2 Å². The minimum Gasteiger partial charge on any atom is -0.372 e. The molecule has 0 amide bonds. The molecule has 2 aromatic carbocycles. The van der Waals surface area contributed by atoms with Gasteiger partial charge in [0, 0.05) is 32.9 Å². The molecular weight excluding hydrogens is 360 g/mol. The first kappa shape index (κ1) is 19.3. The summed E-state index contributed by atoms with van der Waals surface area (Å²) in [5.74, 6) is 1.76. The van der Waals surface area contributed by atoms with Crippen molar-refractivity contribution >= 4 is 22.7 Å². The maximum atomic E-state index is 4.72. The Bertz CT molecular complexity index is 1000. The first-order valence-electron chi connectivity index (χ1n) is 10.4. The van der Waals surface area contributed by atoms with Crippen molar-refractivity contribution in [3.63, 3.8) is 0 Å². The van der Waals surface area contributed by atoms with E-state index in [9.17, 15) is 0 Å². The number of aliphatic imine (C=N–C) groups is 1. The normalized spacial score (nSPS) is 15.7. The number of aromatic nitrogens is 2. The van der Waals surface area contributed by atoms with Crippen LogP contribution in [-0.4, -0.2) is 35.6 Å². The topological polar surface area (TPSA) is 57.5 Å². The third kappa shape index (κ3) is 4.21. The Morgan fingerprint density at radius 3 is 2.69 bits per heavy atom. The summed E-state index contributed by atoms with van der Waals surface area (Å²) in [7, 11) is 3.85. The zero-order valence-corrected chi connectivity index (χ0v) is 17.5. The third-order valence-corrected chi connectivity index (χ3v) is 5.71. The predicted molar refractivity (Wildman–Crippen MR) is 120 cm³/mol. The number of hydrogen-bond acceptors (Lipinski definition) is 3. The van der Waals surface area contributed by atoms with Crippen molar-refractivity contribution in [1.82, 2.24) is 20.2 Å². The Hall–Kier alpha value is -3.02. The van der Waals surface area contributed by atoms with Gasteiger partial charge in [-0.3, -0.25) is 4.99 Å². The first-order valence-corrected chi connectivity index (χ1v) is 10.4. The number of nitrogens with one attached hydrogen (secondary N) is 2. The fraction of sp³-hybridized carbons (Fsp3) is 0.391. The molecule has 152 valence electrons. The molecule has 0 spiro atoms. The summed E-state index contributed by atoms with van der Waals surface area (Å²) in [6, 6.07) is 17.2. The van der Waals surface area contributed by atoms with Crippen LogP contribution in [0.5, 0.6) is 0 Å². The number of rotatable bonds is 5. The van der Waals surface area contributed by atoms with Crippen molar-refractivity contribution in [3.8, 4) is 0 Å². The Labute approximate surface area is 172 Å². The molecule has 1 aliphatic heterocycles. The molecule has 3 aromatic rings. The largest absolute Gasteiger partial charge is 0.372 e. The smallest absolute Gasteiger partial charge is 0.191 e. The molecule has 2 heterocycles. The third-order valence-electron chi connectivity index (χ3n) is 5.71. The molecule has 1 unspecified atom stereocenters. The molecule has 6 nitrogen and oxygen atoms in total. The van der Waals surface area contributed by atoms with E-state index in [1.807, 2.05) is 18.2 Å². The van der Waals surface area contributed by atoms with Crippen molar-refractivity contribution in [2.45, 2.75) is 32.4 Å². The fourth-order valence-corrected chi connectivity index (χ4v) is 3.97. The average molecular weight is 391 g/mol. The van der Waals surface area contributed by atoms with Gasteiger partial charge in [0.1, 0.15) is 5.82 Å². The number of aryl methyl sites for hydroxylation is 1. The molecule has 1 atom stereocenters. The van der Waals surface area contributed by atoms with Gasteiger partial charge in [0.15, 0.2) is 5.96 Å². The lowest BCUT2D eigenvalue weighted by Gasteiger charge is -2.22. The highest BCUT2D eigenvalue weighted by Crippen LogP contribution is 2.24. The van der Waals surface area contributed by atoms with E-state index in [0.717, 1.165) is 35.9 Å². The monoisotopic (exact) mass is 390 g/mol. The van der Waals surface area contributed by atoms with Crippen LogP contribution in [0, 0.1) is 0 Å². The SMILES string of the molecule is CN=C(NCc1nc2ccccc2n1C)NC(C)c1cccc(N2CCCC2)c1. The zero-order chi connectivity index (χ0) is 20.2. The van der Waals surface area contributed by atoms with Gasteiger partial charge in [-0.25, -0.2) is 4.98 Å². The molecule has 0 aliphatic carbocycles. The second-order valence-corrected chi connectivity index (χ2v) is 7.66. The zero-order valence-electron chi connectivity index (χ0n) is 17.5. The van der Waals surface area contributed by atoms with Crippen molar-refractivity contribution in [3.05, 3.63) is 59.9 Å². The van der Waals surface area contributed by atoms with E-state index in [-0.39, 0.29) is 6.04 Å². The van der Waals surface area contributed by atoms with Crippen molar-refractivity contribution in [2.24, 2.45) is 12.0 Å². The van der Waals surface area contributed by atoms with Gasteiger partial charge in [-0.05, 0) is 49.6 Å². The molecule has 1 aliphatic rings. The number of fused-ring (bicyclic) bond motifs is 1. The lowest BCUT2D eigenvalue weighted by Crippen LogP contribution is -2.38. The minimum atomic E-state index is 0.157. The van der Waals surface area contributed by atoms with Crippen molar-refractivity contribution in [2.75, 3.05) is 25.0 Å². The van der Waals surface area contributed by atoms with E-state index in [0.29, 0.717) is 6.54 Å². The molecule has 6 heteroatoms. The molecule has 4 rings (SSSR count). The van der Waals surface area contributed by atoms with E-state index >= 15 is 0 Å². The molecular formula is C23H30N6. The van der Waals surface area contributed by atoms with Crippen molar-refractivity contribution in [1.29, 1.82) is 0 Å². The standard InChI is InChI=1S/C23H30N6/c1-17(18-9-8-10-19(15-18)29-13-6-7-14-29)26-23(24-2)25-16-22-27-20-11-4-5-12-21(20)28(22)3/h4-5,8-12,15,17H,6-7,13-14,16H2,1-3H3,(H2,24,25,26). The number of benzene rings is 2. The minimum absolute atomic E-state index is 0.157. The average Bonchev–Trinajstić information content (AvgIpc) is 3.40. The maximum Gasteiger partial charge on any atom is 0.191 e. The van der Waals surface area contributed by atoms with Gasteiger partial charge in [-0.2, -0.15) is 0 Å². The molecule has 0 saturated carbocycles. The Kier molecular flexibility index (Phi) is 5.69. The number of nitrogens with zero attached hydrogens (tertiary/aromatic N) is 4. The second-order valence-electron chi connectivity index (χ2n) is 7.66. The van der Waals surface area contributed by atoms with Crippen LogP contribution in [0.15, 0.2) is 53.5 Å². The van der Waals surface area contributed by atoms with Crippen molar-refractivity contribution < 1.29 is 0 Å². The van der Waals surface area contributed by atoms with E-state index < -0.39 is 0 Å².